The molecule has 26 heavy (non-hydrogen) atoms. The summed E-state index contributed by atoms with van der Waals surface area (Å²) in [4.78, 5) is 12.4. The Balaban J connectivity index is 1.93. The number of hydrogen-bond acceptors (Lipinski definition) is 3. The van der Waals surface area contributed by atoms with Crippen molar-refractivity contribution in [3.63, 3.8) is 0 Å². The van der Waals surface area contributed by atoms with E-state index in [1.54, 1.807) is 24.3 Å². The molecule has 2 N–H and O–H groups in total. The number of rotatable bonds is 8. The number of nitrogens with one attached hydrogen (secondary N) is 2. The summed E-state index contributed by atoms with van der Waals surface area (Å²) < 4.78 is 26.7. The van der Waals surface area contributed by atoms with E-state index in [0.29, 0.717) is 19.4 Å². The van der Waals surface area contributed by atoms with Gasteiger partial charge in [-0.2, -0.15) is 0 Å². The molecular weight excluding hydrogens is 348 g/mol. The van der Waals surface area contributed by atoms with Crippen molar-refractivity contribution >= 4 is 21.6 Å². The molecule has 0 aliphatic rings. The summed E-state index contributed by atoms with van der Waals surface area (Å²) in [6.45, 7) is 6.28. The van der Waals surface area contributed by atoms with Gasteiger partial charge in [-0.1, -0.05) is 31.2 Å². The van der Waals surface area contributed by atoms with E-state index < -0.39 is 10.0 Å². The fourth-order valence-corrected chi connectivity index (χ4v) is 3.63. The number of carbonyl (C=O) groups excluding carboxylic acids is 1. The summed E-state index contributed by atoms with van der Waals surface area (Å²) in [7, 11) is -3.45. The lowest BCUT2D eigenvalue weighted by Crippen LogP contribution is -2.24. The Bertz CT molecular complexity index is 859. The molecule has 2 aromatic rings. The van der Waals surface area contributed by atoms with Crippen LogP contribution >= 0.6 is 0 Å². The zero-order valence-corrected chi connectivity index (χ0v) is 16.3. The lowest BCUT2D eigenvalue weighted by atomic mass is 10.1. The van der Waals surface area contributed by atoms with Crippen LogP contribution in [0.5, 0.6) is 0 Å². The third-order valence-electron chi connectivity index (χ3n) is 4.08. The molecule has 0 bridgehead atoms. The van der Waals surface area contributed by atoms with Crippen molar-refractivity contribution < 1.29 is 13.2 Å². The van der Waals surface area contributed by atoms with Gasteiger partial charge in [-0.05, 0) is 61.6 Å². The Morgan fingerprint density at radius 2 is 1.73 bits per heavy atom. The lowest BCUT2D eigenvalue weighted by Gasteiger charge is -2.10. The Hall–Kier alpha value is -2.18. The summed E-state index contributed by atoms with van der Waals surface area (Å²) in [6, 6.07) is 12.6. The smallest absolute Gasteiger partial charge is 0.240 e. The molecule has 0 saturated heterocycles. The second-order valence-electron chi connectivity index (χ2n) is 6.41. The van der Waals surface area contributed by atoms with Gasteiger partial charge in [0.05, 0.1) is 4.90 Å². The van der Waals surface area contributed by atoms with Gasteiger partial charge in [0, 0.05) is 18.7 Å². The third kappa shape index (κ3) is 5.68. The Kier molecular flexibility index (Phi) is 6.94. The minimum absolute atomic E-state index is 0.0555. The maximum atomic E-state index is 12.2. The zero-order valence-electron chi connectivity index (χ0n) is 15.5. The standard InChI is InChI=1S/C20H26N2O3S/c1-4-13-21-26(24,25)18-10-7-17(8-11-18)9-12-20(23)22-19-14-15(2)5-6-16(19)3/h5-8,10-11,14,21H,4,9,12-13H2,1-3H3,(H,22,23). The fraction of sp³-hybridized carbons (Fsp3) is 0.350. The largest absolute Gasteiger partial charge is 0.326 e. The molecule has 1 amide bonds. The number of benzene rings is 2. The van der Waals surface area contributed by atoms with E-state index in [-0.39, 0.29) is 10.8 Å². The number of anilines is 1. The summed E-state index contributed by atoms with van der Waals surface area (Å²) in [5.74, 6) is -0.0555. The second kappa shape index (κ2) is 8.96. The van der Waals surface area contributed by atoms with Crippen molar-refractivity contribution in [2.75, 3.05) is 11.9 Å². The maximum Gasteiger partial charge on any atom is 0.240 e. The molecule has 0 fully saturated rings. The number of hydrogen-bond donors (Lipinski definition) is 2. The van der Waals surface area contributed by atoms with E-state index in [9.17, 15) is 13.2 Å². The average Bonchev–Trinajstić information content (AvgIpc) is 2.62. The molecule has 0 saturated carbocycles. The van der Waals surface area contributed by atoms with Gasteiger partial charge in [0.1, 0.15) is 0 Å². The molecule has 0 atom stereocenters. The van der Waals surface area contributed by atoms with Crippen LogP contribution in [0.15, 0.2) is 47.4 Å². The Morgan fingerprint density at radius 1 is 1.04 bits per heavy atom. The van der Waals surface area contributed by atoms with E-state index in [1.165, 1.54) is 0 Å². The van der Waals surface area contributed by atoms with Gasteiger partial charge in [0.25, 0.3) is 0 Å². The van der Waals surface area contributed by atoms with Gasteiger partial charge in [-0.15, -0.1) is 0 Å². The van der Waals surface area contributed by atoms with E-state index in [0.717, 1.165) is 28.8 Å². The molecule has 6 heteroatoms. The molecule has 0 spiro atoms. The predicted molar refractivity (Wildman–Crippen MR) is 105 cm³/mol. The van der Waals surface area contributed by atoms with E-state index in [4.69, 9.17) is 0 Å². The van der Waals surface area contributed by atoms with Crippen molar-refractivity contribution in [1.29, 1.82) is 0 Å². The number of sulfonamides is 1. The molecule has 0 aliphatic heterocycles. The summed E-state index contributed by atoms with van der Waals surface area (Å²) in [5, 5.41) is 2.94. The van der Waals surface area contributed by atoms with Crippen LogP contribution in [-0.2, 0) is 21.2 Å². The average molecular weight is 375 g/mol. The van der Waals surface area contributed by atoms with Gasteiger partial charge in [0.2, 0.25) is 15.9 Å². The zero-order chi connectivity index (χ0) is 19.2. The van der Waals surface area contributed by atoms with Crippen LogP contribution in [0.1, 0.15) is 36.5 Å². The minimum Gasteiger partial charge on any atom is -0.326 e. The molecule has 5 nitrogen and oxygen atoms in total. The SMILES string of the molecule is CCCNS(=O)(=O)c1ccc(CCC(=O)Nc2cc(C)ccc2C)cc1. The molecule has 2 aromatic carbocycles. The van der Waals surface area contributed by atoms with Crippen molar-refractivity contribution in [2.45, 2.75) is 44.9 Å². The van der Waals surface area contributed by atoms with Crippen LogP contribution in [0.3, 0.4) is 0 Å². The molecule has 0 aliphatic carbocycles. The number of carbonyl (C=O) groups is 1. The summed E-state index contributed by atoms with van der Waals surface area (Å²) in [6.07, 6.45) is 1.64. The lowest BCUT2D eigenvalue weighted by molar-refractivity contribution is -0.116. The third-order valence-corrected chi connectivity index (χ3v) is 5.56. The van der Waals surface area contributed by atoms with Gasteiger partial charge < -0.3 is 5.32 Å². The highest BCUT2D eigenvalue weighted by Gasteiger charge is 2.13. The van der Waals surface area contributed by atoms with Crippen molar-refractivity contribution in [3.05, 3.63) is 59.2 Å². The van der Waals surface area contributed by atoms with Crippen molar-refractivity contribution in [2.24, 2.45) is 0 Å². The van der Waals surface area contributed by atoms with Gasteiger partial charge in [-0.3, -0.25) is 4.79 Å². The van der Waals surface area contributed by atoms with Crippen LogP contribution < -0.4 is 10.0 Å². The highest BCUT2D eigenvalue weighted by molar-refractivity contribution is 7.89. The van der Waals surface area contributed by atoms with Crippen LogP contribution in [0.4, 0.5) is 5.69 Å². The monoisotopic (exact) mass is 374 g/mol. The van der Waals surface area contributed by atoms with E-state index in [1.807, 2.05) is 39.0 Å². The van der Waals surface area contributed by atoms with E-state index in [2.05, 4.69) is 10.0 Å². The molecule has 140 valence electrons. The van der Waals surface area contributed by atoms with Crippen LogP contribution in [-0.4, -0.2) is 20.9 Å². The maximum absolute atomic E-state index is 12.2. The molecule has 0 heterocycles. The fourth-order valence-electron chi connectivity index (χ4n) is 2.50. The topological polar surface area (TPSA) is 75.3 Å². The van der Waals surface area contributed by atoms with Crippen LogP contribution in [0.25, 0.3) is 0 Å². The van der Waals surface area contributed by atoms with Crippen molar-refractivity contribution in [1.82, 2.24) is 4.72 Å². The molecule has 0 aromatic heterocycles. The Morgan fingerprint density at radius 3 is 2.38 bits per heavy atom. The highest BCUT2D eigenvalue weighted by atomic mass is 32.2. The second-order valence-corrected chi connectivity index (χ2v) is 8.18. The molecular formula is C20H26N2O3S. The first-order valence-corrected chi connectivity index (χ1v) is 10.3. The van der Waals surface area contributed by atoms with Crippen LogP contribution in [0, 0.1) is 13.8 Å². The molecule has 0 unspecified atom stereocenters. The Labute approximate surface area is 155 Å². The predicted octanol–water partition coefficient (Wildman–Crippen LogP) is 3.56. The van der Waals surface area contributed by atoms with Crippen molar-refractivity contribution in [3.8, 4) is 0 Å². The molecule has 0 radical (unpaired) electrons. The van der Waals surface area contributed by atoms with E-state index >= 15 is 0 Å². The molecule has 2 rings (SSSR count). The van der Waals surface area contributed by atoms with Gasteiger partial charge >= 0.3 is 0 Å². The first-order chi connectivity index (χ1) is 12.3. The highest BCUT2D eigenvalue weighted by Crippen LogP contribution is 2.17. The quantitative estimate of drug-likeness (QED) is 0.742. The van der Waals surface area contributed by atoms with Crippen LogP contribution in [0.2, 0.25) is 0 Å². The number of aryl methyl sites for hydroxylation is 3. The first kappa shape index (κ1) is 20.1. The first-order valence-electron chi connectivity index (χ1n) is 8.77. The van der Waals surface area contributed by atoms with Gasteiger partial charge in [0.15, 0.2) is 0 Å². The summed E-state index contributed by atoms with van der Waals surface area (Å²) >= 11 is 0. The summed E-state index contributed by atoms with van der Waals surface area (Å²) in [5.41, 5.74) is 3.88. The van der Waals surface area contributed by atoms with Gasteiger partial charge in [-0.25, -0.2) is 13.1 Å². The number of amides is 1. The minimum atomic E-state index is -3.45. The normalized spacial score (nSPS) is 11.3.